The smallest absolute Gasteiger partial charge is 0.0723 e. The standard InChI is InChI=1S/C7H15NO2/c1-6-7(5-9-2)8-3-4-10-6/h6-8H,3-5H2,1-2H3/t6-,7?/m1/s1. The molecule has 0 bridgehead atoms. The normalized spacial score (nSPS) is 34.2. The molecule has 0 radical (unpaired) electrons. The molecule has 0 aliphatic carbocycles. The van der Waals surface area contributed by atoms with Crippen LogP contribution in [0.1, 0.15) is 6.92 Å². The lowest BCUT2D eigenvalue weighted by molar-refractivity contribution is -0.0149. The van der Waals surface area contributed by atoms with Crippen LogP contribution in [0.4, 0.5) is 0 Å². The first-order chi connectivity index (χ1) is 4.84. The Morgan fingerprint density at radius 3 is 3.10 bits per heavy atom. The highest BCUT2D eigenvalue weighted by molar-refractivity contribution is 4.76. The van der Waals surface area contributed by atoms with Crippen LogP contribution in [-0.2, 0) is 9.47 Å². The van der Waals surface area contributed by atoms with E-state index in [4.69, 9.17) is 9.47 Å². The van der Waals surface area contributed by atoms with Crippen LogP contribution in [0.3, 0.4) is 0 Å². The molecule has 2 atom stereocenters. The highest BCUT2D eigenvalue weighted by Crippen LogP contribution is 2.03. The molecule has 3 heteroatoms. The molecule has 1 unspecified atom stereocenters. The van der Waals surface area contributed by atoms with Gasteiger partial charge in [-0.2, -0.15) is 0 Å². The van der Waals surface area contributed by atoms with Crippen LogP contribution in [0, 0.1) is 0 Å². The average Bonchev–Trinajstić information content (AvgIpc) is 1.94. The van der Waals surface area contributed by atoms with Crippen molar-refractivity contribution in [2.75, 3.05) is 26.9 Å². The van der Waals surface area contributed by atoms with Gasteiger partial charge in [-0.05, 0) is 6.92 Å². The van der Waals surface area contributed by atoms with Crippen LogP contribution in [0.25, 0.3) is 0 Å². The van der Waals surface area contributed by atoms with Crippen molar-refractivity contribution in [2.45, 2.75) is 19.1 Å². The van der Waals surface area contributed by atoms with E-state index in [1.54, 1.807) is 7.11 Å². The van der Waals surface area contributed by atoms with Gasteiger partial charge in [0.25, 0.3) is 0 Å². The first kappa shape index (κ1) is 7.98. The number of nitrogens with one attached hydrogen (secondary N) is 1. The van der Waals surface area contributed by atoms with Gasteiger partial charge in [0.2, 0.25) is 0 Å². The Kier molecular flexibility index (Phi) is 3.12. The topological polar surface area (TPSA) is 30.5 Å². The molecule has 1 fully saturated rings. The zero-order chi connectivity index (χ0) is 7.40. The Morgan fingerprint density at radius 2 is 2.50 bits per heavy atom. The molecule has 1 heterocycles. The maximum atomic E-state index is 5.40. The summed E-state index contributed by atoms with van der Waals surface area (Å²) in [6, 6.07) is 0.374. The molecule has 1 rings (SSSR count). The van der Waals surface area contributed by atoms with Crippen molar-refractivity contribution in [2.24, 2.45) is 0 Å². The second-order valence-corrected chi connectivity index (χ2v) is 2.59. The number of ether oxygens (including phenoxy) is 2. The number of hydrogen-bond acceptors (Lipinski definition) is 3. The summed E-state index contributed by atoms with van der Waals surface area (Å²) in [5.74, 6) is 0. The molecule has 3 nitrogen and oxygen atoms in total. The van der Waals surface area contributed by atoms with E-state index >= 15 is 0 Å². The van der Waals surface area contributed by atoms with Crippen molar-refractivity contribution >= 4 is 0 Å². The molecule has 60 valence electrons. The third kappa shape index (κ3) is 1.94. The van der Waals surface area contributed by atoms with Gasteiger partial charge in [-0.25, -0.2) is 0 Å². The van der Waals surface area contributed by atoms with Crippen molar-refractivity contribution in [1.29, 1.82) is 0 Å². The molecule has 1 saturated heterocycles. The predicted molar refractivity (Wildman–Crippen MR) is 39.1 cm³/mol. The van der Waals surface area contributed by atoms with Gasteiger partial charge < -0.3 is 14.8 Å². The fourth-order valence-electron chi connectivity index (χ4n) is 1.15. The van der Waals surface area contributed by atoms with Crippen molar-refractivity contribution in [3.8, 4) is 0 Å². The predicted octanol–water partition coefficient (Wildman–Crippen LogP) is 0.00970. The van der Waals surface area contributed by atoms with Gasteiger partial charge in [0.15, 0.2) is 0 Å². The molecule has 1 N–H and O–H groups in total. The fraction of sp³-hybridized carbons (Fsp3) is 1.00. The summed E-state index contributed by atoms with van der Waals surface area (Å²) in [5.41, 5.74) is 0. The number of hydrogen-bond donors (Lipinski definition) is 1. The van der Waals surface area contributed by atoms with E-state index in [0.717, 1.165) is 19.8 Å². The molecule has 0 aromatic heterocycles. The Labute approximate surface area is 61.7 Å². The Morgan fingerprint density at radius 1 is 1.70 bits per heavy atom. The lowest BCUT2D eigenvalue weighted by Crippen LogP contribution is -2.49. The van der Waals surface area contributed by atoms with Crippen molar-refractivity contribution < 1.29 is 9.47 Å². The average molecular weight is 145 g/mol. The Hall–Kier alpha value is -0.120. The highest BCUT2D eigenvalue weighted by atomic mass is 16.5. The van der Waals surface area contributed by atoms with Crippen molar-refractivity contribution in [3.63, 3.8) is 0 Å². The van der Waals surface area contributed by atoms with E-state index in [1.807, 2.05) is 0 Å². The van der Waals surface area contributed by atoms with Gasteiger partial charge in [-0.3, -0.25) is 0 Å². The Bertz CT molecular complexity index is 95.6. The van der Waals surface area contributed by atoms with E-state index < -0.39 is 0 Å². The van der Waals surface area contributed by atoms with Gasteiger partial charge in [0.05, 0.1) is 25.4 Å². The third-order valence-electron chi connectivity index (χ3n) is 1.80. The molecule has 1 aliphatic rings. The molecule has 0 spiro atoms. The zero-order valence-corrected chi connectivity index (χ0v) is 6.59. The molecular formula is C7H15NO2. The molecule has 0 aromatic carbocycles. The molecule has 0 amide bonds. The minimum absolute atomic E-state index is 0.286. The largest absolute Gasteiger partial charge is 0.383 e. The second-order valence-electron chi connectivity index (χ2n) is 2.59. The fourth-order valence-corrected chi connectivity index (χ4v) is 1.15. The van der Waals surface area contributed by atoms with Crippen LogP contribution in [0.5, 0.6) is 0 Å². The van der Waals surface area contributed by atoms with Gasteiger partial charge in [0.1, 0.15) is 0 Å². The van der Waals surface area contributed by atoms with Gasteiger partial charge in [-0.15, -0.1) is 0 Å². The van der Waals surface area contributed by atoms with E-state index in [2.05, 4.69) is 12.2 Å². The summed E-state index contributed by atoms with van der Waals surface area (Å²) >= 11 is 0. The lowest BCUT2D eigenvalue weighted by Gasteiger charge is -2.29. The van der Waals surface area contributed by atoms with E-state index in [0.29, 0.717) is 6.04 Å². The third-order valence-corrected chi connectivity index (χ3v) is 1.80. The summed E-state index contributed by atoms with van der Waals surface area (Å²) in [5, 5.41) is 3.32. The lowest BCUT2D eigenvalue weighted by atomic mass is 10.2. The number of rotatable bonds is 2. The first-order valence-electron chi connectivity index (χ1n) is 3.68. The SMILES string of the molecule is COCC1NCCO[C@@H]1C. The van der Waals surface area contributed by atoms with Gasteiger partial charge in [-0.1, -0.05) is 0 Å². The van der Waals surface area contributed by atoms with E-state index in [9.17, 15) is 0 Å². The molecule has 0 aromatic rings. The second kappa shape index (κ2) is 3.91. The summed E-state index contributed by atoms with van der Waals surface area (Å²) in [7, 11) is 1.71. The van der Waals surface area contributed by atoms with Crippen LogP contribution in [0.2, 0.25) is 0 Å². The minimum atomic E-state index is 0.286. The number of methoxy groups -OCH3 is 1. The molecular weight excluding hydrogens is 130 g/mol. The van der Waals surface area contributed by atoms with Crippen molar-refractivity contribution in [3.05, 3.63) is 0 Å². The quantitative estimate of drug-likeness (QED) is 0.593. The summed E-state index contributed by atoms with van der Waals surface area (Å²) in [6.45, 7) is 4.57. The highest BCUT2D eigenvalue weighted by Gasteiger charge is 2.20. The maximum Gasteiger partial charge on any atom is 0.0723 e. The van der Waals surface area contributed by atoms with Crippen LogP contribution in [0.15, 0.2) is 0 Å². The minimum Gasteiger partial charge on any atom is -0.383 e. The molecule has 0 saturated carbocycles. The van der Waals surface area contributed by atoms with Crippen molar-refractivity contribution in [1.82, 2.24) is 5.32 Å². The van der Waals surface area contributed by atoms with Gasteiger partial charge >= 0.3 is 0 Å². The van der Waals surface area contributed by atoms with E-state index in [-0.39, 0.29) is 6.10 Å². The zero-order valence-electron chi connectivity index (χ0n) is 6.59. The summed E-state index contributed by atoms with van der Waals surface area (Å²) in [6.07, 6.45) is 0.286. The maximum absolute atomic E-state index is 5.40. The summed E-state index contributed by atoms with van der Waals surface area (Å²) in [4.78, 5) is 0. The first-order valence-corrected chi connectivity index (χ1v) is 3.68. The van der Waals surface area contributed by atoms with Crippen LogP contribution < -0.4 is 5.32 Å². The number of morpholine rings is 1. The van der Waals surface area contributed by atoms with Gasteiger partial charge in [0, 0.05) is 13.7 Å². The molecule has 10 heavy (non-hydrogen) atoms. The monoisotopic (exact) mass is 145 g/mol. The summed E-state index contributed by atoms with van der Waals surface area (Å²) < 4.78 is 10.4. The molecule has 1 aliphatic heterocycles. The van der Waals surface area contributed by atoms with Crippen LogP contribution >= 0.6 is 0 Å². The Balaban J connectivity index is 2.25. The van der Waals surface area contributed by atoms with Crippen LogP contribution in [-0.4, -0.2) is 39.0 Å². The van der Waals surface area contributed by atoms with E-state index in [1.165, 1.54) is 0 Å².